The first-order valence-electron chi connectivity index (χ1n) is 26.5. The lowest BCUT2D eigenvalue weighted by Crippen LogP contribution is -2.57. The number of benzene rings is 2. The molecule has 0 bridgehead atoms. The van der Waals surface area contributed by atoms with Crippen LogP contribution in [0.4, 0.5) is 10.2 Å². The summed E-state index contributed by atoms with van der Waals surface area (Å²) in [5, 5.41) is 16.4. The maximum atomic E-state index is 14.6. The van der Waals surface area contributed by atoms with Gasteiger partial charge in [-0.25, -0.2) is 32.7 Å². The van der Waals surface area contributed by atoms with Crippen LogP contribution in [0.3, 0.4) is 0 Å². The third-order valence-corrected chi connectivity index (χ3v) is 19.1. The Bertz CT molecular complexity index is 3250. The van der Waals surface area contributed by atoms with Crippen molar-refractivity contribution in [3.8, 4) is 5.75 Å². The lowest BCUT2D eigenvalue weighted by atomic mass is 9.87. The van der Waals surface area contributed by atoms with E-state index in [1.807, 2.05) is 26.0 Å². The number of aromatic amines is 1. The summed E-state index contributed by atoms with van der Waals surface area (Å²) in [7, 11) is -2.13. The molecule has 9 rings (SSSR count). The topological polar surface area (TPSA) is 226 Å². The van der Waals surface area contributed by atoms with E-state index in [4.69, 9.17) is 9.72 Å². The molecule has 3 amide bonds. The molecule has 0 spiro atoms. The molecule has 2 aromatic carbocycles. The molecule has 3 aliphatic heterocycles. The number of likely N-dealkylation sites (tertiary alicyclic amines) is 2. The van der Waals surface area contributed by atoms with Crippen molar-refractivity contribution in [1.82, 2.24) is 50.6 Å². The highest BCUT2D eigenvalue weighted by Gasteiger charge is 2.42. The summed E-state index contributed by atoms with van der Waals surface area (Å²) >= 11 is 1.31. The quantitative estimate of drug-likeness (QED) is 0.0745. The number of sulfone groups is 1. The van der Waals surface area contributed by atoms with Crippen LogP contribution in [0.1, 0.15) is 133 Å². The highest BCUT2D eigenvalue weighted by atomic mass is 32.2. The molecular formula is C56H74FN11O7S5. The number of piperidine rings is 2. The molecule has 7 heterocycles. The highest BCUT2D eigenvalue weighted by molar-refractivity contribution is 7.92. The largest absolute Gasteiger partial charge is 0.492 e. The Balaban J connectivity index is 0.00000344. The van der Waals surface area contributed by atoms with Crippen LogP contribution in [0.15, 0.2) is 71.3 Å². The van der Waals surface area contributed by atoms with E-state index in [0.717, 1.165) is 61.5 Å². The molecule has 0 unspecified atom stereocenters. The van der Waals surface area contributed by atoms with Gasteiger partial charge in [0.25, 0.3) is 5.91 Å². The van der Waals surface area contributed by atoms with E-state index in [-0.39, 0.29) is 92.3 Å². The molecule has 0 radical (unpaired) electrons. The molecule has 0 aliphatic carbocycles. The Hall–Kier alpha value is -5.66. The van der Waals surface area contributed by atoms with Crippen molar-refractivity contribution in [2.75, 3.05) is 51.3 Å². The van der Waals surface area contributed by atoms with Gasteiger partial charge in [-0.2, -0.15) is 45.6 Å². The molecule has 24 heteroatoms. The minimum absolute atomic E-state index is 0. The minimum Gasteiger partial charge on any atom is -0.492 e. The number of ketones is 1. The van der Waals surface area contributed by atoms with Crippen molar-refractivity contribution < 1.29 is 36.7 Å². The number of fused-ring (bicyclic) bond motifs is 1. The van der Waals surface area contributed by atoms with Crippen LogP contribution in [0.25, 0.3) is 10.9 Å². The first-order chi connectivity index (χ1) is 36.8. The maximum Gasteiger partial charge on any atom is 0.255 e. The number of thiazole rings is 1. The summed E-state index contributed by atoms with van der Waals surface area (Å²) in [5.74, 6) is -0.261. The number of ether oxygens (including phenoxy) is 1. The van der Waals surface area contributed by atoms with Gasteiger partial charge in [-0.05, 0) is 153 Å². The smallest absolute Gasteiger partial charge is 0.255 e. The van der Waals surface area contributed by atoms with E-state index < -0.39 is 32.5 Å². The first-order valence-corrected chi connectivity index (χ1v) is 28.9. The normalized spacial score (nSPS) is 17.0. The molecule has 0 saturated carbocycles. The number of hydrogen-bond donors (Lipinski definition) is 3. The summed E-state index contributed by atoms with van der Waals surface area (Å²) in [4.78, 5) is 79.4. The Morgan fingerprint density at radius 1 is 0.887 bits per heavy atom. The van der Waals surface area contributed by atoms with Gasteiger partial charge >= 0.3 is 0 Å². The van der Waals surface area contributed by atoms with E-state index in [2.05, 4.69) is 40.7 Å². The van der Waals surface area contributed by atoms with Crippen molar-refractivity contribution in [3.05, 3.63) is 117 Å². The third kappa shape index (κ3) is 13.8. The van der Waals surface area contributed by atoms with E-state index in [9.17, 15) is 32.0 Å². The zero-order valence-corrected chi connectivity index (χ0v) is 50.9. The highest BCUT2D eigenvalue weighted by Crippen LogP contribution is 2.38. The number of rotatable bonds is 17. The molecule has 3 atom stereocenters. The molecule has 3 aliphatic rings. The molecular weight excluding hydrogens is 1120 g/mol. The number of likely N-dealkylation sites (N-methyl/N-ethyl adjacent to an activating group) is 1. The van der Waals surface area contributed by atoms with Crippen LogP contribution in [0, 0.1) is 31.5 Å². The maximum absolute atomic E-state index is 14.6. The fraction of sp³-hybridized carbons (Fsp3) is 0.482. The van der Waals surface area contributed by atoms with Crippen molar-refractivity contribution in [2.45, 2.75) is 121 Å². The van der Waals surface area contributed by atoms with Gasteiger partial charge in [-0.1, -0.05) is 0 Å². The second kappa shape index (κ2) is 26.9. The van der Waals surface area contributed by atoms with E-state index >= 15 is 0 Å². The van der Waals surface area contributed by atoms with Crippen LogP contribution >= 0.6 is 51.8 Å². The summed E-state index contributed by atoms with van der Waals surface area (Å²) in [6.45, 7) is 13.9. The van der Waals surface area contributed by atoms with Crippen molar-refractivity contribution in [3.63, 3.8) is 0 Å². The molecule has 18 nitrogen and oxygen atoms in total. The number of nitrogens with one attached hydrogen (secondary N) is 3. The number of hydrogen-bond acceptors (Lipinski definition) is 15. The van der Waals surface area contributed by atoms with Crippen molar-refractivity contribution >= 4 is 102 Å². The molecule has 3 N–H and O–H groups in total. The number of anilines is 1. The number of aryl methyl sites for hydroxylation is 1. The molecule has 6 aromatic rings. The Morgan fingerprint density at radius 3 is 2.23 bits per heavy atom. The van der Waals surface area contributed by atoms with Crippen molar-refractivity contribution in [1.29, 1.82) is 0 Å². The van der Waals surface area contributed by atoms with Gasteiger partial charge in [0, 0.05) is 73.4 Å². The number of carbonyl (C=O) groups excluding carboxylic acids is 4. The van der Waals surface area contributed by atoms with Crippen LogP contribution in [-0.4, -0.2) is 135 Å². The second-order valence-electron chi connectivity index (χ2n) is 21.5. The number of nitrogens with zero attached hydrogens (tertiary/aromatic N) is 8. The Kier molecular flexibility index (Phi) is 21.4. The third-order valence-electron chi connectivity index (χ3n) is 15.7. The van der Waals surface area contributed by atoms with Gasteiger partial charge in [0.15, 0.2) is 9.84 Å². The average Bonchev–Trinajstić information content (AvgIpc) is 4.26. The number of H-pyrrole nitrogens is 1. The fourth-order valence-corrected chi connectivity index (χ4v) is 12.7. The lowest BCUT2D eigenvalue weighted by Gasteiger charge is -2.38. The van der Waals surface area contributed by atoms with Gasteiger partial charge in [0.1, 0.15) is 45.4 Å². The van der Waals surface area contributed by atoms with Crippen LogP contribution in [0.2, 0.25) is 0 Å². The van der Waals surface area contributed by atoms with E-state index in [1.54, 1.807) is 68.3 Å². The van der Waals surface area contributed by atoms with Crippen LogP contribution in [0.5, 0.6) is 5.75 Å². The molecule has 3 fully saturated rings. The molecule has 4 aromatic heterocycles. The molecule has 80 heavy (non-hydrogen) atoms. The predicted octanol–water partition coefficient (Wildman–Crippen LogP) is 7.69. The minimum atomic E-state index is -3.82. The fourth-order valence-electron chi connectivity index (χ4n) is 10.4. The zero-order chi connectivity index (χ0) is 54.8. The van der Waals surface area contributed by atoms with E-state index in [1.165, 1.54) is 41.9 Å². The lowest BCUT2D eigenvalue weighted by molar-refractivity contribution is -0.139. The van der Waals surface area contributed by atoms with Gasteiger partial charge in [-0.15, -0.1) is 11.3 Å². The number of aromatic nitrogens is 6. The molecule has 3 saturated heterocycles. The van der Waals surface area contributed by atoms with Gasteiger partial charge in [0.2, 0.25) is 17.6 Å². The van der Waals surface area contributed by atoms with Crippen LogP contribution < -0.4 is 20.3 Å². The zero-order valence-electron chi connectivity index (χ0n) is 46.3. The average molecular weight is 1190 g/mol. The summed E-state index contributed by atoms with van der Waals surface area (Å²) in [6.07, 6.45) is 8.41. The number of carbonyl (C=O) groups is 4. The number of pyridine rings is 1. The monoisotopic (exact) mass is 1190 g/mol. The summed E-state index contributed by atoms with van der Waals surface area (Å²) in [5.41, 5.74) is 5.14. The van der Waals surface area contributed by atoms with Crippen LogP contribution in [-0.2, 0) is 25.8 Å². The SMILES string of the molecule is CN[C@@H](C)C(=O)N[C@H](C(=O)N1CCC[C@H]1c1nc(C(=O)c2ccc(F)cc2)cs1)C1CCN(C(=O)c2ccc(N3CCC(CCOc4cc5ncnc(Cc6n[nH]c(C)c6C)c5cc4S(=O)(=O)C(C)(C)C)CC3)nc2)CC1.S.S.S. The number of amides is 3. The Labute approximate surface area is 492 Å². The standard InChI is InChI=1S/C56H68FN11O7S2.3H2S/c1-33-34(2)64-65-42(33)28-43-41-27-48(77(73,74)56(4,5)6)47(29-44(41)61-32-60-43)75-26-20-36-16-22-66(23-17-36)49-15-12-39(30-59-49)54(71)67-24-18-37(19-25-67)50(63-52(70)35(3)58-7)55(72)68-21-8-9-46(68)53-62-45(31-76-53)51(69)38-10-13-40(57)14-11-38;;;/h10-15,27,29-32,35-37,46,50,58H,8-9,16-26,28H2,1-7H3,(H,63,70)(H,64,65);3*1H2/t35-,46-,50-;;;/m0.../s1. The molecule has 432 valence electrons. The second-order valence-corrected chi connectivity index (χ2v) is 25.1. The number of halogens is 1. The summed E-state index contributed by atoms with van der Waals surface area (Å²) < 4.78 is 46.9. The van der Waals surface area contributed by atoms with Gasteiger partial charge < -0.3 is 30.1 Å². The van der Waals surface area contributed by atoms with Crippen molar-refractivity contribution in [2.24, 2.45) is 11.8 Å². The van der Waals surface area contributed by atoms with Gasteiger partial charge in [-0.3, -0.25) is 24.3 Å². The van der Waals surface area contributed by atoms with Gasteiger partial charge in [0.05, 0.1) is 45.9 Å². The Morgan fingerprint density at radius 2 is 1.59 bits per heavy atom. The first kappa shape index (κ1) is 63.5. The predicted molar refractivity (Wildman–Crippen MR) is 322 cm³/mol. The summed E-state index contributed by atoms with van der Waals surface area (Å²) in [6, 6.07) is 10.7. The van der Waals surface area contributed by atoms with E-state index in [0.29, 0.717) is 90.6 Å².